The molecule has 0 aliphatic rings. The molecule has 6 heteroatoms. The van der Waals surface area contributed by atoms with E-state index in [-0.39, 0.29) is 5.69 Å². The fourth-order valence-corrected chi connectivity index (χ4v) is 1.94. The Kier molecular flexibility index (Phi) is 3.74. The van der Waals surface area contributed by atoms with E-state index in [4.69, 9.17) is 5.73 Å². The van der Waals surface area contributed by atoms with Crippen LogP contribution < -0.4 is 16.0 Å². The van der Waals surface area contributed by atoms with E-state index in [0.29, 0.717) is 11.4 Å². The summed E-state index contributed by atoms with van der Waals surface area (Å²) in [6, 6.07) is 12.2. The number of nitro benzene ring substituents is 1. The summed E-state index contributed by atoms with van der Waals surface area (Å²) in [7, 11) is 3.87. The van der Waals surface area contributed by atoms with Crippen molar-refractivity contribution in [2.24, 2.45) is 0 Å². The van der Waals surface area contributed by atoms with Gasteiger partial charge in [-0.15, -0.1) is 0 Å². The van der Waals surface area contributed by atoms with Gasteiger partial charge >= 0.3 is 0 Å². The fourth-order valence-electron chi connectivity index (χ4n) is 1.94. The van der Waals surface area contributed by atoms with Gasteiger partial charge in [-0.05, 0) is 18.2 Å². The van der Waals surface area contributed by atoms with Crippen LogP contribution in [0.25, 0.3) is 0 Å². The molecule has 104 valence electrons. The molecule has 0 heterocycles. The van der Waals surface area contributed by atoms with E-state index in [1.54, 1.807) is 6.07 Å². The van der Waals surface area contributed by atoms with Gasteiger partial charge in [-0.2, -0.15) is 0 Å². The van der Waals surface area contributed by atoms with Gasteiger partial charge in [0.05, 0.1) is 16.3 Å². The average molecular weight is 272 g/mol. The minimum Gasteiger partial charge on any atom is -0.398 e. The Morgan fingerprint density at radius 3 is 2.55 bits per heavy atom. The van der Waals surface area contributed by atoms with E-state index >= 15 is 0 Å². The van der Waals surface area contributed by atoms with Crippen LogP contribution in [0.15, 0.2) is 42.5 Å². The predicted molar refractivity (Wildman–Crippen MR) is 81.6 cm³/mol. The third-order valence-electron chi connectivity index (χ3n) is 2.82. The molecule has 0 bridgehead atoms. The highest BCUT2D eigenvalue weighted by Gasteiger charge is 2.10. The Hall–Kier alpha value is -2.76. The van der Waals surface area contributed by atoms with Crippen LogP contribution in [0.5, 0.6) is 0 Å². The van der Waals surface area contributed by atoms with Crippen molar-refractivity contribution >= 4 is 28.4 Å². The Balaban J connectivity index is 2.37. The molecule has 20 heavy (non-hydrogen) atoms. The first kappa shape index (κ1) is 13.7. The molecule has 0 aliphatic heterocycles. The second-order valence-electron chi connectivity index (χ2n) is 4.61. The molecule has 0 saturated heterocycles. The number of nitro groups is 1. The van der Waals surface area contributed by atoms with E-state index in [2.05, 4.69) is 5.32 Å². The zero-order chi connectivity index (χ0) is 14.7. The van der Waals surface area contributed by atoms with Gasteiger partial charge in [0, 0.05) is 37.6 Å². The third-order valence-corrected chi connectivity index (χ3v) is 2.82. The first-order chi connectivity index (χ1) is 9.47. The molecule has 0 fully saturated rings. The van der Waals surface area contributed by atoms with Crippen molar-refractivity contribution in [3.05, 3.63) is 52.6 Å². The lowest BCUT2D eigenvalue weighted by Crippen LogP contribution is -2.10. The van der Waals surface area contributed by atoms with Crippen LogP contribution in [0.4, 0.5) is 28.4 Å². The summed E-state index contributed by atoms with van der Waals surface area (Å²) in [5.74, 6) is 0. The maximum Gasteiger partial charge on any atom is 0.273 e. The van der Waals surface area contributed by atoms with E-state index in [1.807, 2.05) is 43.3 Å². The molecule has 0 atom stereocenters. The van der Waals surface area contributed by atoms with Crippen LogP contribution in [0, 0.1) is 10.1 Å². The van der Waals surface area contributed by atoms with Crippen molar-refractivity contribution in [1.29, 1.82) is 0 Å². The molecule has 3 N–H and O–H groups in total. The zero-order valence-corrected chi connectivity index (χ0v) is 11.3. The molecule has 0 aliphatic carbocycles. The maximum atomic E-state index is 10.8. The predicted octanol–water partition coefficient (Wildman–Crippen LogP) is 2.99. The molecule has 0 radical (unpaired) electrons. The molecule has 2 aromatic carbocycles. The second-order valence-corrected chi connectivity index (χ2v) is 4.61. The molecule has 0 aromatic heterocycles. The van der Waals surface area contributed by atoms with Crippen LogP contribution in [0.2, 0.25) is 0 Å². The summed E-state index contributed by atoms with van der Waals surface area (Å²) in [5, 5.41) is 14.0. The van der Waals surface area contributed by atoms with Gasteiger partial charge in [-0.1, -0.05) is 12.1 Å². The van der Waals surface area contributed by atoms with Gasteiger partial charge in [0.1, 0.15) is 0 Å². The molecular formula is C14H16N4O2. The molecule has 0 amide bonds. The SMILES string of the molecule is CN(C)c1ccccc1Nc1cc(N)cc([N+](=O)[O-])c1. The number of benzene rings is 2. The summed E-state index contributed by atoms with van der Waals surface area (Å²) in [6.07, 6.45) is 0. The summed E-state index contributed by atoms with van der Waals surface area (Å²) in [4.78, 5) is 12.3. The van der Waals surface area contributed by atoms with Crippen molar-refractivity contribution < 1.29 is 4.92 Å². The summed E-state index contributed by atoms with van der Waals surface area (Å²) in [6.45, 7) is 0. The summed E-state index contributed by atoms with van der Waals surface area (Å²) in [5.41, 5.74) is 8.44. The Morgan fingerprint density at radius 1 is 1.20 bits per heavy atom. The lowest BCUT2D eigenvalue weighted by Gasteiger charge is -2.18. The summed E-state index contributed by atoms with van der Waals surface area (Å²) >= 11 is 0. The zero-order valence-electron chi connectivity index (χ0n) is 11.3. The summed E-state index contributed by atoms with van der Waals surface area (Å²) < 4.78 is 0. The smallest absolute Gasteiger partial charge is 0.273 e. The Labute approximate surface area is 117 Å². The van der Waals surface area contributed by atoms with Gasteiger partial charge in [0.25, 0.3) is 5.69 Å². The fraction of sp³-hybridized carbons (Fsp3) is 0.143. The van der Waals surface area contributed by atoms with Gasteiger partial charge in [-0.3, -0.25) is 10.1 Å². The number of hydrogen-bond acceptors (Lipinski definition) is 5. The molecule has 6 nitrogen and oxygen atoms in total. The minimum atomic E-state index is -0.459. The molecular weight excluding hydrogens is 256 g/mol. The number of hydrogen-bond donors (Lipinski definition) is 2. The van der Waals surface area contributed by atoms with E-state index < -0.39 is 4.92 Å². The number of nitrogen functional groups attached to an aromatic ring is 1. The van der Waals surface area contributed by atoms with Crippen molar-refractivity contribution in [2.45, 2.75) is 0 Å². The lowest BCUT2D eigenvalue weighted by molar-refractivity contribution is -0.384. The highest BCUT2D eigenvalue weighted by atomic mass is 16.6. The quantitative estimate of drug-likeness (QED) is 0.508. The topological polar surface area (TPSA) is 84.4 Å². The normalized spacial score (nSPS) is 10.1. The van der Waals surface area contributed by atoms with Crippen LogP contribution in [0.1, 0.15) is 0 Å². The van der Waals surface area contributed by atoms with Gasteiger partial charge in [0.2, 0.25) is 0 Å². The molecule has 2 rings (SSSR count). The van der Waals surface area contributed by atoms with E-state index in [9.17, 15) is 10.1 Å². The standard InChI is InChI=1S/C14H16N4O2/c1-17(2)14-6-4-3-5-13(14)16-11-7-10(15)8-12(9-11)18(19)20/h3-9,16H,15H2,1-2H3. The molecule has 0 saturated carbocycles. The van der Waals surface area contributed by atoms with Crippen molar-refractivity contribution in [3.63, 3.8) is 0 Å². The third kappa shape index (κ3) is 2.97. The van der Waals surface area contributed by atoms with Crippen LogP contribution >= 0.6 is 0 Å². The molecule has 0 unspecified atom stereocenters. The second kappa shape index (κ2) is 5.48. The molecule has 0 spiro atoms. The lowest BCUT2D eigenvalue weighted by atomic mass is 10.2. The van der Waals surface area contributed by atoms with Crippen molar-refractivity contribution in [1.82, 2.24) is 0 Å². The Bertz CT molecular complexity index is 641. The van der Waals surface area contributed by atoms with E-state index in [1.165, 1.54) is 12.1 Å². The van der Waals surface area contributed by atoms with Crippen LogP contribution in [-0.2, 0) is 0 Å². The number of nitrogens with one attached hydrogen (secondary N) is 1. The number of anilines is 4. The Morgan fingerprint density at radius 2 is 1.90 bits per heavy atom. The van der Waals surface area contributed by atoms with Gasteiger partial charge in [-0.25, -0.2) is 0 Å². The number of nitrogens with zero attached hydrogens (tertiary/aromatic N) is 2. The van der Waals surface area contributed by atoms with Crippen LogP contribution in [-0.4, -0.2) is 19.0 Å². The first-order valence-corrected chi connectivity index (χ1v) is 6.05. The number of rotatable bonds is 4. The first-order valence-electron chi connectivity index (χ1n) is 6.05. The largest absolute Gasteiger partial charge is 0.398 e. The van der Waals surface area contributed by atoms with Crippen molar-refractivity contribution in [3.8, 4) is 0 Å². The molecule has 2 aromatic rings. The highest BCUT2D eigenvalue weighted by Crippen LogP contribution is 2.30. The minimum absolute atomic E-state index is 0.0326. The average Bonchev–Trinajstić information content (AvgIpc) is 2.38. The maximum absolute atomic E-state index is 10.8. The van der Waals surface area contributed by atoms with Gasteiger partial charge in [0.15, 0.2) is 0 Å². The van der Waals surface area contributed by atoms with Crippen LogP contribution in [0.3, 0.4) is 0 Å². The van der Waals surface area contributed by atoms with Crippen molar-refractivity contribution in [2.75, 3.05) is 30.0 Å². The number of non-ortho nitro benzene ring substituents is 1. The van der Waals surface area contributed by atoms with E-state index in [0.717, 1.165) is 11.4 Å². The number of para-hydroxylation sites is 2. The van der Waals surface area contributed by atoms with Gasteiger partial charge < -0.3 is 16.0 Å². The number of nitrogens with two attached hydrogens (primary N) is 1. The highest BCUT2D eigenvalue weighted by molar-refractivity contribution is 5.77. The monoisotopic (exact) mass is 272 g/mol.